The zero-order valence-corrected chi connectivity index (χ0v) is 33.6. The number of ether oxygens (including phenoxy) is 1. The van der Waals surface area contributed by atoms with Crippen LogP contribution in [0.25, 0.3) is 6.08 Å². The van der Waals surface area contributed by atoms with Gasteiger partial charge in [-0.3, -0.25) is 9.59 Å². The lowest BCUT2D eigenvalue weighted by atomic mass is 9.93. The number of rotatable bonds is 25. The number of Topliss-reactive ketones (excluding diaryl/α,β-unsaturated/α-hetero) is 1. The highest BCUT2D eigenvalue weighted by Crippen LogP contribution is 2.32. The third-order valence-corrected chi connectivity index (χ3v) is 10.4. The zero-order chi connectivity index (χ0) is 39.4. The van der Waals surface area contributed by atoms with Gasteiger partial charge in [-0.25, -0.2) is 4.98 Å². The Morgan fingerprint density at radius 2 is 1.53 bits per heavy atom. The molecule has 294 valence electrons. The molecule has 0 aliphatic rings. The van der Waals surface area contributed by atoms with Crippen molar-refractivity contribution in [2.45, 2.75) is 104 Å². The van der Waals surface area contributed by atoms with Crippen molar-refractivity contribution in [2.24, 2.45) is 11.8 Å². The number of hydrogen-bond donors (Lipinski definition) is 3. The van der Waals surface area contributed by atoms with Gasteiger partial charge in [0.05, 0.1) is 13.5 Å². The van der Waals surface area contributed by atoms with Crippen LogP contribution in [0.2, 0.25) is 0 Å². The van der Waals surface area contributed by atoms with Gasteiger partial charge in [-0.1, -0.05) is 100 Å². The van der Waals surface area contributed by atoms with Crippen LogP contribution in [0.4, 0.5) is 5.82 Å². The molecule has 0 amide bonds. The maximum atomic E-state index is 12.9. The molecular formula is C48H63N3O4. The third kappa shape index (κ3) is 15.5. The topological polar surface area (TPSA) is 115 Å². The Hall–Kier alpha value is -4.75. The Bertz CT molecular complexity index is 1820. The predicted molar refractivity (Wildman–Crippen MR) is 227 cm³/mol. The van der Waals surface area contributed by atoms with E-state index in [0.717, 1.165) is 79.7 Å². The van der Waals surface area contributed by atoms with Crippen molar-refractivity contribution in [3.63, 3.8) is 0 Å². The van der Waals surface area contributed by atoms with Crippen LogP contribution in [0.1, 0.15) is 111 Å². The molecule has 55 heavy (non-hydrogen) atoms. The van der Waals surface area contributed by atoms with Gasteiger partial charge in [-0.2, -0.15) is 0 Å². The van der Waals surface area contributed by atoms with Crippen molar-refractivity contribution in [3.8, 4) is 11.5 Å². The second kappa shape index (κ2) is 23.2. The molecule has 4 aromatic rings. The first-order valence-corrected chi connectivity index (χ1v) is 20.3. The second-order valence-electron chi connectivity index (χ2n) is 15.4. The molecule has 1 aromatic heterocycles. The van der Waals surface area contributed by atoms with Gasteiger partial charge in [0.1, 0.15) is 11.6 Å². The predicted octanol–water partition coefficient (Wildman–Crippen LogP) is 9.69. The molecule has 4 rings (SSSR count). The summed E-state index contributed by atoms with van der Waals surface area (Å²) in [6, 6.07) is 24.7. The summed E-state index contributed by atoms with van der Waals surface area (Å²) in [7, 11) is 3.51. The van der Waals surface area contributed by atoms with E-state index in [0.29, 0.717) is 30.3 Å². The highest BCUT2D eigenvalue weighted by molar-refractivity contribution is 6.06. The lowest BCUT2D eigenvalue weighted by Gasteiger charge is -2.17. The average Bonchev–Trinajstić information content (AvgIpc) is 3.17. The SMILES string of the molecule is CNCC(CCCCCC(=O)CC(=O)C=Cc1cc(OC)c(O)cc1Cc1cnc(N)cc1CCc1cccc(CCc2ccccc2)c1)CCCC(C)C. The van der Waals surface area contributed by atoms with E-state index in [1.165, 1.54) is 55.6 Å². The van der Waals surface area contributed by atoms with Gasteiger partial charge in [-0.05, 0) is 140 Å². The van der Waals surface area contributed by atoms with Crippen LogP contribution in [-0.4, -0.2) is 42.4 Å². The number of nitrogens with one attached hydrogen (secondary N) is 1. The molecule has 0 spiro atoms. The highest BCUT2D eigenvalue weighted by atomic mass is 16.5. The number of carbonyl (C=O) groups excluding carboxylic acids is 2. The van der Waals surface area contributed by atoms with E-state index in [-0.39, 0.29) is 23.7 Å². The number of ketones is 2. The first-order valence-electron chi connectivity index (χ1n) is 20.3. The fraction of sp³-hybridized carbons (Fsp3) is 0.438. The summed E-state index contributed by atoms with van der Waals surface area (Å²) >= 11 is 0. The molecule has 1 atom stereocenters. The lowest BCUT2D eigenvalue weighted by molar-refractivity contribution is -0.124. The number of phenolic OH excluding ortho intramolecular Hbond substituents is 1. The van der Waals surface area contributed by atoms with Crippen LogP contribution in [0, 0.1) is 11.8 Å². The van der Waals surface area contributed by atoms with Gasteiger partial charge in [0, 0.05) is 12.6 Å². The Kier molecular flexibility index (Phi) is 18.2. The number of aryl methyl sites for hydroxylation is 4. The first-order chi connectivity index (χ1) is 26.6. The molecule has 0 aliphatic carbocycles. The van der Waals surface area contributed by atoms with E-state index >= 15 is 0 Å². The number of pyridine rings is 1. The minimum atomic E-state index is -0.233. The molecule has 7 nitrogen and oxygen atoms in total. The first kappa shape index (κ1) is 43.0. The van der Waals surface area contributed by atoms with Crippen LogP contribution >= 0.6 is 0 Å². The highest BCUT2D eigenvalue weighted by Gasteiger charge is 2.14. The molecule has 0 radical (unpaired) electrons. The van der Waals surface area contributed by atoms with Crippen LogP contribution in [0.15, 0.2) is 85.1 Å². The largest absolute Gasteiger partial charge is 0.504 e. The zero-order valence-electron chi connectivity index (χ0n) is 33.6. The molecule has 0 saturated carbocycles. The monoisotopic (exact) mass is 745 g/mol. The molecule has 7 heteroatoms. The van der Waals surface area contributed by atoms with Crippen LogP contribution in [0.3, 0.4) is 0 Å². The van der Waals surface area contributed by atoms with Crippen molar-refractivity contribution in [3.05, 3.63) is 124 Å². The minimum Gasteiger partial charge on any atom is -0.504 e. The van der Waals surface area contributed by atoms with Crippen molar-refractivity contribution in [1.29, 1.82) is 0 Å². The molecular weight excluding hydrogens is 683 g/mol. The molecule has 3 aromatic carbocycles. The van der Waals surface area contributed by atoms with Crippen molar-refractivity contribution >= 4 is 23.5 Å². The Morgan fingerprint density at radius 1 is 0.818 bits per heavy atom. The Balaban J connectivity index is 1.34. The van der Waals surface area contributed by atoms with E-state index in [4.69, 9.17) is 10.5 Å². The summed E-state index contributed by atoms with van der Waals surface area (Å²) in [5.74, 6) is 1.94. The summed E-state index contributed by atoms with van der Waals surface area (Å²) in [5.41, 5.74) is 13.7. The summed E-state index contributed by atoms with van der Waals surface area (Å²) in [6.45, 7) is 5.59. The number of aromatic hydroxyl groups is 1. The maximum Gasteiger partial charge on any atom is 0.163 e. The number of benzene rings is 3. The van der Waals surface area contributed by atoms with Gasteiger partial charge in [0.2, 0.25) is 0 Å². The average molecular weight is 746 g/mol. The number of phenols is 1. The summed E-state index contributed by atoms with van der Waals surface area (Å²) < 4.78 is 5.41. The lowest BCUT2D eigenvalue weighted by Crippen LogP contribution is -2.19. The molecule has 0 bridgehead atoms. The molecule has 1 heterocycles. The number of allylic oxidation sites excluding steroid dienone is 1. The Labute approximate surface area is 329 Å². The van der Waals surface area contributed by atoms with Crippen LogP contribution in [-0.2, 0) is 41.7 Å². The molecule has 0 aliphatic heterocycles. The number of unbranched alkanes of at least 4 members (excludes halogenated alkanes) is 2. The van der Waals surface area contributed by atoms with E-state index in [9.17, 15) is 14.7 Å². The standard InChI is InChI=1S/C48H63N3O4/c1-35(2)13-11-19-39(33-50-3)16-9-6-10-20-44(52)32-45(53)26-25-40-30-47(55-4)46(54)29-42(40)28-43-34-51-48(49)31-41(43)24-23-38-18-12-17-37(27-38)22-21-36-14-7-5-8-15-36/h5,7-8,12,14-15,17-18,25-27,29-31,34-35,39,50,54H,6,9-11,13,16,19-24,28,32-33H2,1-4H3,(H2,49,51). The summed E-state index contributed by atoms with van der Waals surface area (Å²) in [4.78, 5) is 30.1. The normalized spacial score (nSPS) is 12.0. The van der Waals surface area contributed by atoms with Gasteiger partial charge in [-0.15, -0.1) is 0 Å². The van der Waals surface area contributed by atoms with Crippen LogP contribution < -0.4 is 15.8 Å². The number of nitrogens with two attached hydrogens (primary N) is 1. The second-order valence-corrected chi connectivity index (χ2v) is 15.4. The number of hydrogen-bond acceptors (Lipinski definition) is 7. The van der Waals surface area contributed by atoms with Gasteiger partial charge < -0.3 is 20.9 Å². The fourth-order valence-electron chi connectivity index (χ4n) is 7.30. The number of anilines is 1. The number of aromatic nitrogens is 1. The van der Waals surface area contributed by atoms with Crippen molar-refractivity contribution in [1.82, 2.24) is 10.3 Å². The smallest absolute Gasteiger partial charge is 0.163 e. The molecule has 0 fully saturated rings. The quantitative estimate of drug-likeness (QED) is 0.0352. The number of carbonyl (C=O) groups is 2. The number of nitrogen functional groups attached to an aromatic ring is 1. The van der Waals surface area contributed by atoms with Crippen molar-refractivity contribution in [2.75, 3.05) is 26.4 Å². The minimum absolute atomic E-state index is 0.0151. The van der Waals surface area contributed by atoms with Gasteiger partial charge in [0.25, 0.3) is 0 Å². The Morgan fingerprint density at radius 3 is 2.25 bits per heavy atom. The van der Waals surface area contributed by atoms with Gasteiger partial charge >= 0.3 is 0 Å². The molecule has 4 N–H and O–H groups in total. The van der Waals surface area contributed by atoms with E-state index < -0.39 is 0 Å². The fourth-order valence-corrected chi connectivity index (χ4v) is 7.30. The van der Waals surface area contributed by atoms with E-state index in [1.54, 1.807) is 24.4 Å². The molecule has 1 unspecified atom stereocenters. The maximum absolute atomic E-state index is 12.9. The number of nitrogens with zero attached hydrogens (tertiary/aromatic N) is 1. The van der Waals surface area contributed by atoms with E-state index in [1.807, 2.05) is 19.2 Å². The van der Waals surface area contributed by atoms with Gasteiger partial charge in [0.15, 0.2) is 17.3 Å². The number of methoxy groups -OCH3 is 1. The molecule has 0 saturated heterocycles. The summed E-state index contributed by atoms with van der Waals surface area (Å²) in [5, 5.41) is 14.1. The van der Waals surface area contributed by atoms with Crippen molar-refractivity contribution < 1.29 is 19.4 Å². The van der Waals surface area contributed by atoms with E-state index in [2.05, 4.69) is 72.7 Å². The third-order valence-electron chi connectivity index (χ3n) is 10.4. The van der Waals surface area contributed by atoms with Crippen LogP contribution in [0.5, 0.6) is 11.5 Å². The summed E-state index contributed by atoms with van der Waals surface area (Å²) in [6.07, 6.45) is 17.2.